The lowest BCUT2D eigenvalue weighted by Gasteiger charge is -2.26. The maximum Gasteiger partial charge on any atom is 0.224 e. The number of amides is 1. The van der Waals surface area contributed by atoms with Crippen LogP contribution in [-0.4, -0.2) is 65.1 Å². The average Bonchev–Trinajstić information content (AvgIpc) is 2.85. The third kappa shape index (κ3) is 6.77. The van der Waals surface area contributed by atoms with Gasteiger partial charge in [0.05, 0.1) is 12.0 Å². The fraction of sp³-hybridized carbons (Fsp3) is 0.333. The number of carbonyl (C=O) groups is 1. The lowest BCUT2D eigenvalue weighted by atomic mass is 10.1. The van der Waals surface area contributed by atoms with Gasteiger partial charge in [-0.15, -0.1) is 0 Å². The molecule has 0 aliphatic carbocycles. The zero-order valence-corrected chi connectivity index (χ0v) is 18.3. The quantitative estimate of drug-likeness (QED) is 0.514. The van der Waals surface area contributed by atoms with Crippen LogP contribution in [0.1, 0.15) is 11.1 Å². The Morgan fingerprint density at radius 3 is 2.67 bits per heavy atom. The number of aromatic nitrogens is 3. The fourth-order valence-electron chi connectivity index (χ4n) is 3.53. The van der Waals surface area contributed by atoms with E-state index in [1.807, 2.05) is 12.1 Å². The molecule has 9 heteroatoms. The van der Waals surface area contributed by atoms with Gasteiger partial charge in [-0.25, -0.2) is 14.4 Å². The Hall–Kier alpha value is -3.43. The van der Waals surface area contributed by atoms with Gasteiger partial charge >= 0.3 is 0 Å². The molecule has 0 bridgehead atoms. The zero-order chi connectivity index (χ0) is 22.9. The highest BCUT2D eigenvalue weighted by molar-refractivity contribution is 5.78. The maximum atomic E-state index is 14.6. The Balaban J connectivity index is 1.28. The summed E-state index contributed by atoms with van der Waals surface area (Å²) in [6.07, 6.45) is 6.62. The molecule has 1 amide bonds. The van der Waals surface area contributed by atoms with Crippen molar-refractivity contribution < 1.29 is 13.9 Å². The Morgan fingerprint density at radius 2 is 1.94 bits per heavy atom. The molecule has 1 saturated heterocycles. The van der Waals surface area contributed by atoms with Gasteiger partial charge in [-0.3, -0.25) is 14.7 Å². The smallest absolute Gasteiger partial charge is 0.224 e. The highest BCUT2D eigenvalue weighted by atomic mass is 19.1. The highest BCUT2D eigenvalue weighted by Crippen LogP contribution is 2.23. The van der Waals surface area contributed by atoms with Crippen LogP contribution >= 0.6 is 0 Å². The lowest BCUT2D eigenvalue weighted by molar-refractivity contribution is -0.120. The second-order valence-electron chi connectivity index (χ2n) is 7.81. The fourth-order valence-corrected chi connectivity index (χ4v) is 3.53. The van der Waals surface area contributed by atoms with Crippen LogP contribution in [-0.2, 0) is 17.8 Å². The second kappa shape index (κ2) is 11.4. The molecule has 33 heavy (non-hydrogen) atoms. The molecule has 3 aromatic rings. The Bertz CT molecular complexity index is 1040. The predicted molar refractivity (Wildman–Crippen MR) is 122 cm³/mol. The van der Waals surface area contributed by atoms with Gasteiger partial charge in [-0.05, 0) is 29.3 Å². The molecule has 2 aromatic heterocycles. The van der Waals surface area contributed by atoms with Crippen molar-refractivity contribution in [1.82, 2.24) is 30.5 Å². The Kier molecular flexibility index (Phi) is 7.89. The molecule has 0 atom stereocenters. The van der Waals surface area contributed by atoms with Crippen LogP contribution in [0.4, 0.5) is 4.39 Å². The van der Waals surface area contributed by atoms with E-state index in [-0.39, 0.29) is 23.7 Å². The van der Waals surface area contributed by atoms with Gasteiger partial charge in [0.25, 0.3) is 0 Å². The van der Waals surface area contributed by atoms with E-state index in [4.69, 9.17) is 4.74 Å². The number of rotatable bonds is 9. The summed E-state index contributed by atoms with van der Waals surface area (Å²) >= 11 is 0. The van der Waals surface area contributed by atoms with Crippen LogP contribution in [0.15, 0.2) is 55.1 Å². The number of carbonyl (C=O) groups excluding carboxylic acids is 1. The lowest BCUT2D eigenvalue weighted by Crippen LogP contribution is -2.44. The summed E-state index contributed by atoms with van der Waals surface area (Å²) in [6, 6.07) is 8.41. The number of piperazine rings is 1. The van der Waals surface area contributed by atoms with Crippen LogP contribution in [0.5, 0.6) is 5.75 Å². The number of benzene rings is 1. The largest absolute Gasteiger partial charge is 0.492 e. The number of halogens is 1. The molecule has 3 heterocycles. The van der Waals surface area contributed by atoms with E-state index < -0.39 is 5.82 Å². The molecule has 1 aromatic carbocycles. The van der Waals surface area contributed by atoms with Gasteiger partial charge in [-0.1, -0.05) is 6.07 Å². The molecule has 0 radical (unpaired) electrons. The Labute approximate surface area is 192 Å². The first kappa shape index (κ1) is 22.8. The highest BCUT2D eigenvalue weighted by Gasteiger charge is 2.12. The molecule has 8 nitrogen and oxygen atoms in total. The second-order valence-corrected chi connectivity index (χ2v) is 7.81. The van der Waals surface area contributed by atoms with E-state index >= 15 is 0 Å². The van der Waals surface area contributed by atoms with Gasteiger partial charge in [0.2, 0.25) is 5.91 Å². The number of hydrogen-bond acceptors (Lipinski definition) is 7. The van der Waals surface area contributed by atoms with E-state index in [1.54, 1.807) is 36.9 Å². The van der Waals surface area contributed by atoms with Crippen LogP contribution < -0.4 is 15.4 Å². The zero-order valence-electron chi connectivity index (χ0n) is 18.3. The Morgan fingerprint density at radius 1 is 1.12 bits per heavy atom. The molecule has 0 unspecified atom stereocenters. The molecule has 4 rings (SSSR count). The van der Waals surface area contributed by atoms with Crippen molar-refractivity contribution in [3.05, 3.63) is 72.1 Å². The van der Waals surface area contributed by atoms with Crippen LogP contribution in [0.25, 0.3) is 11.4 Å². The molecular formula is C24H27FN6O2. The minimum atomic E-state index is -0.448. The van der Waals surface area contributed by atoms with Crippen molar-refractivity contribution in [3.63, 3.8) is 0 Å². The van der Waals surface area contributed by atoms with E-state index in [0.29, 0.717) is 24.5 Å². The summed E-state index contributed by atoms with van der Waals surface area (Å²) in [6.45, 7) is 5.68. The number of nitrogens with zero attached hydrogens (tertiary/aromatic N) is 4. The van der Waals surface area contributed by atoms with Crippen LogP contribution in [0.2, 0.25) is 0 Å². The van der Waals surface area contributed by atoms with Crippen molar-refractivity contribution in [2.24, 2.45) is 0 Å². The molecule has 1 aliphatic heterocycles. The molecule has 0 spiro atoms. The molecule has 0 saturated carbocycles. The molecule has 172 valence electrons. The summed E-state index contributed by atoms with van der Waals surface area (Å²) in [5.41, 5.74) is 1.86. The number of pyridine rings is 1. The van der Waals surface area contributed by atoms with Crippen molar-refractivity contribution in [2.75, 3.05) is 39.3 Å². The topological polar surface area (TPSA) is 92.3 Å². The summed E-state index contributed by atoms with van der Waals surface area (Å²) in [4.78, 5) is 27.0. The van der Waals surface area contributed by atoms with Gasteiger partial charge < -0.3 is 15.4 Å². The van der Waals surface area contributed by atoms with E-state index in [2.05, 4.69) is 30.5 Å². The predicted octanol–water partition coefficient (Wildman–Crippen LogP) is 1.82. The van der Waals surface area contributed by atoms with Crippen molar-refractivity contribution in [3.8, 4) is 17.1 Å². The van der Waals surface area contributed by atoms with Gasteiger partial charge in [0.15, 0.2) is 5.82 Å². The van der Waals surface area contributed by atoms with E-state index in [1.165, 1.54) is 6.07 Å². The van der Waals surface area contributed by atoms with Crippen LogP contribution in [0.3, 0.4) is 0 Å². The van der Waals surface area contributed by atoms with Crippen molar-refractivity contribution in [2.45, 2.75) is 13.0 Å². The first-order valence-electron chi connectivity index (χ1n) is 11.0. The number of nitrogens with one attached hydrogen (secondary N) is 2. The molecule has 2 N–H and O–H groups in total. The van der Waals surface area contributed by atoms with E-state index in [9.17, 15) is 9.18 Å². The summed E-state index contributed by atoms with van der Waals surface area (Å²) in [7, 11) is 0. The normalized spacial score (nSPS) is 14.1. The minimum absolute atomic E-state index is 0.142. The van der Waals surface area contributed by atoms with Crippen LogP contribution in [0, 0.1) is 5.82 Å². The van der Waals surface area contributed by atoms with Crippen molar-refractivity contribution >= 4 is 5.91 Å². The first-order valence-corrected chi connectivity index (χ1v) is 11.0. The summed E-state index contributed by atoms with van der Waals surface area (Å²) < 4.78 is 20.3. The number of hydrogen-bond donors (Lipinski definition) is 2. The average molecular weight is 451 g/mol. The van der Waals surface area contributed by atoms with Gasteiger partial charge in [0.1, 0.15) is 18.2 Å². The maximum absolute atomic E-state index is 14.6. The van der Waals surface area contributed by atoms with E-state index in [0.717, 1.165) is 38.3 Å². The third-order valence-electron chi connectivity index (χ3n) is 5.35. The summed E-state index contributed by atoms with van der Waals surface area (Å²) in [5, 5.41) is 6.14. The standard InChI is InChI=1S/C24H27FN6O2/c25-22-13-20(33-11-10-31-8-6-26-7-9-31)3-4-21(22)24-29-16-19(17-30-24)12-23(32)28-15-18-2-1-5-27-14-18/h1-5,13-14,16-17,26H,6-12,15H2,(H,28,32). The summed E-state index contributed by atoms with van der Waals surface area (Å²) in [5.74, 6) is 0.146. The van der Waals surface area contributed by atoms with Crippen molar-refractivity contribution in [1.29, 1.82) is 0 Å². The third-order valence-corrected chi connectivity index (χ3v) is 5.35. The SMILES string of the molecule is O=C(Cc1cnc(-c2ccc(OCCN3CCNCC3)cc2F)nc1)NCc1cccnc1. The monoisotopic (exact) mass is 450 g/mol. The van der Waals surface area contributed by atoms with Gasteiger partial charge in [0, 0.05) is 70.1 Å². The molecule has 1 fully saturated rings. The van der Waals surface area contributed by atoms with Gasteiger partial charge in [-0.2, -0.15) is 0 Å². The molecular weight excluding hydrogens is 423 g/mol. The number of ether oxygens (including phenoxy) is 1. The minimum Gasteiger partial charge on any atom is -0.492 e. The first-order chi connectivity index (χ1) is 16.2. The molecule has 1 aliphatic rings.